The van der Waals surface area contributed by atoms with Crippen LogP contribution in [0.4, 0.5) is 11.5 Å². The van der Waals surface area contributed by atoms with Crippen LogP contribution in [0.5, 0.6) is 0 Å². The monoisotopic (exact) mass is 317 g/mol. The molecule has 6 heteroatoms. The number of imidazole rings is 1. The van der Waals surface area contributed by atoms with Crippen molar-refractivity contribution in [2.45, 2.75) is 9.92 Å². The first kappa shape index (κ1) is 12.7. The van der Waals surface area contributed by atoms with Crippen molar-refractivity contribution >= 4 is 34.3 Å². The van der Waals surface area contributed by atoms with Crippen molar-refractivity contribution in [2.24, 2.45) is 0 Å². The van der Waals surface area contributed by atoms with E-state index < -0.39 is 0 Å². The number of anilines is 2. The minimum Gasteiger partial charge on any atom is -0.338 e. The molecule has 2 N–H and O–H groups in total. The Morgan fingerprint density at radius 2 is 1.87 bits per heavy atom. The van der Waals surface area contributed by atoms with Crippen LogP contribution in [0.25, 0.3) is 22.4 Å². The van der Waals surface area contributed by atoms with Crippen molar-refractivity contribution in [2.75, 3.05) is 5.32 Å². The number of hydrogen-bond acceptors (Lipinski definition) is 5. The molecular formula is C17H11N5S. The highest BCUT2D eigenvalue weighted by molar-refractivity contribution is 7.99. The second-order valence-corrected chi connectivity index (χ2v) is 6.28. The lowest BCUT2D eigenvalue weighted by molar-refractivity contribution is 1.05. The molecule has 0 bridgehead atoms. The number of nitrogens with one attached hydrogen (secondary N) is 2. The molecule has 0 aliphatic carbocycles. The van der Waals surface area contributed by atoms with Crippen molar-refractivity contribution in [3.8, 4) is 11.4 Å². The van der Waals surface area contributed by atoms with Gasteiger partial charge in [-0.2, -0.15) is 0 Å². The average Bonchev–Trinajstić information content (AvgIpc) is 3.03. The predicted molar refractivity (Wildman–Crippen MR) is 91.0 cm³/mol. The van der Waals surface area contributed by atoms with E-state index >= 15 is 0 Å². The van der Waals surface area contributed by atoms with Gasteiger partial charge in [-0.1, -0.05) is 23.9 Å². The van der Waals surface area contributed by atoms with E-state index in [1.54, 1.807) is 24.2 Å². The summed E-state index contributed by atoms with van der Waals surface area (Å²) in [4.78, 5) is 17.8. The minimum atomic E-state index is 0.798. The molecule has 110 valence electrons. The first-order chi connectivity index (χ1) is 11.4. The molecule has 5 rings (SSSR count). The van der Waals surface area contributed by atoms with Gasteiger partial charge in [-0.05, 0) is 30.3 Å². The normalized spacial score (nSPS) is 12.5. The quantitative estimate of drug-likeness (QED) is 0.484. The van der Waals surface area contributed by atoms with Crippen molar-refractivity contribution in [3.05, 3.63) is 54.9 Å². The number of fused-ring (bicyclic) bond motifs is 3. The Hall–Kier alpha value is -2.86. The molecule has 0 spiro atoms. The van der Waals surface area contributed by atoms with Gasteiger partial charge in [0.05, 0.1) is 16.7 Å². The van der Waals surface area contributed by atoms with Gasteiger partial charge in [0.15, 0.2) is 5.82 Å². The Balaban J connectivity index is 1.59. The van der Waals surface area contributed by atoms with Crippen molar-refractivity contribution in [1.82, 2.24) is 19.9 Å². The number of benzene rings is 2. The van der Waals surface area contributed by atoms with Crippen LogP contribution in [0.15, 0.2) is 64.8 Å². The summed E-state index contributed by atoms with van der Waals surface area (Å²) in [6.07, 6.45) is 3.40. The molecule has 4 aromatic rings. The van der Waals surface area contributed by atoms with Crippen LogP contribution in [0, 0.1) is 0 Å². The fourth-order valence-electron chi connectivity index (χ4n) is 2.67. The molecule has 1 aliphatic rings. The molecule has 0 amide bonds. The fraction of sp³-hybridized carbons (Fsp3) is 0. The Kier molecular flexibility index (Phi) is 2.65. The topological polar surface area (TPSA) is 66.5 Å². The molecule has 1 aliphatic heterocycles. The van der Waals surface area contributed by atoms with E-state index in [1.807, 2.05) is 24.3 Å². The summed E-state index contributed by atoms with van der Waals surface area (Å²) in [5.74, 6) is 1.66. The summed E-state index contributed by atoms with van der Waals surface area (Å²) in [6.45, 7) is 0. The third-order valence-corrected chi connectivity index (χ3v) is 4.83. The zero-order valence-corrected chi connectivity index (χ0v) is 12.8. The number of nitrogens with zero attached hydrogens (tertiary/aromatic N) is 3. The molecule has 0 radical (unpaired) electrons. The molecule has 2 aromatic carbocycles. The third kappa shape index (κ3) is 2.07. The van der Waals surface area contributed by atoms with Crippen molar-refractivity contribution in [1.29, 1.82) is 0 Å². The molecule has 23 heavy (non-hydrogen) atoms. The van der Waals surface area contributed by atoms with Crippen molar-refractivity contribution in [3.63, 3.8) is 0 Å². The Morgan fingerprint density at radius 1 is 0.957 bits per heavy atom. The lowest BCUT2D eigenvalue weighted by Crippen LogP contribution is -2.03. The molecule has 2 aromatic heterocycles. The van der Waals surface area contributed by atoms with Crippen LogP contribution >= 0.6 is 11.8 Å². The van der Waals surface area contributed by atoms with Gasteiger partial charge in [0, 0.05) is 22.9 Å². The molecule has 5 nitrogen and oxygen atoms in total. The SMILES string of the molecule is c1ccc2[nH]c(-c3ccc4c(c3)Nc3nccnc3S4)nc2c1. The van der Waals surface area contributed by atoms with E-state index in [-0.39, 0.29) is 0 Å². The van der Waals surface area contributed by atoms with E-state index in [2.05, 4.69) is 43.5 Å². The minimum absolute atomic E-state index is 0.798. The Morgan fingerprint density at radius 3 is 2.83 bits per heavy atom. The summed E-state index contributed by atoms with van der Waals surface area (Å²) in [6, 6.07) is 14.3. The van der Waals surface area contributed by atoms with Crippen LogP contribution in [0.2, 0.25) is 0 Å². The van der Waals surface area contributed by atoms with Crippen LogP contribution in [0.3, 0.4) is 0 Å². The van der Waals surface area contributed by atoms with Crippen molar-refractivity contribution < 1.29 is 0 Å². The number of hydrogen-bond donors (Lipinski definition) is 2. The van der Waals surface area contributed by atoms with Crippen LogP contribution in [-0.4, -0.2) is 19.9 Å². The van der Waals surface area contributed by atoms with Crippen LogP contribution in [-0.2, 0) is 0 Å². The maximum absolute atomic E-state index is 4.66. The Labute approximate surface area is 136 Å². The number of rotatable bonds is 1. The van der Waals surface area contributed by atoms with Gasteiger partial charge >= 0.3 is 0 Å². The van der Waals surface area contributed by atoms with Gasteiger partial charge in [-0.25, -0.2) is 15.0 Å². The van der Waals surface area contributed by atoms with E-state index in [4.69, 9.17) is 0 Å². The molecule has 0 unspecified atom stereocenters. The fourth-order valence-corrected chi connectivity index (χ4v) is 3.55. The van der Waals surface area contributed by atoms with E-state index in [9.17, 15) is 0 Å². The smallest absolute Gasteiger partial charge is 0.163 e. The highest BCUT2D eigenvalue weighted by Gasteiger charge is 2.18. The second-order valence-electron chi connectivity index (χ2n) is 5.25. The maximum Gasteiger partial charge on any atom is 0.163 e. The zero-order valence-electron chi connectivity index (χ0n) is 11.9. The van der Waals surface area contributed by atoms with E-state index in [1.165, 1.54) is 0 Å². The van der Waals surface area contributed by atoms with Gasteiger partial charge in [0.2, 0.25) is 0 Å². The molecule has 0 saturated carbocycles. The highest BCUT2D eigenvalue weighted by Crippen LogP contribution is 2.43. The second kappa shape index (κ2) is 4.82. The summed E-state index contributed by atoms with van der Waals surface area (Å²) in [7, 11) is 0. The van der Waals surface area contributed by atoms with Gasteiger partial charge in [-0.3, -0.25) is 0 Å². The largest absolute Gasteiger partial charge is 0.338 e. The Bertz CT molecular complexity index is 1010. The number of H-pyrrole nitrogens is 1. The molecular weight excluding hydrogens is 306 g/mol. The van der Waals surface area contributed by atoms with Gasteiger partial charge < -0.3 is 10.3 Å². The van der Waals surface area contributed by atoms with Gasteiger partial charge in [0.25, 0.3) is 0 Å². The molecule has 0 saturated heterocycles. The highest BCUT2D eigenvalue weighted by atomic mass is 32.2. The molecule has 0 atom stereocenters. The number of para-hydroxylation sites is 2. The summed E-state index contributed by atoms with van der Waals surface area (Å²) >= 11 is 1.62. The van der Waals surface area contributed by atoms with Gasteiger partial charge in [-0.15, -0.1) is 0 Å². The first-order valence-electron chi connectivity index (χ1n) is 7.22. The molecule has 3 heterocycles. The number of aromatic nitrogens is 4. The summed E-state index contributed by atoms with van der Waals surface area (Å²) in [5, 5.41) is 4.25. The third-order valence-electron chi connectivity index (χ3n) is 3.77. The predicted octanol–water partition coefficient (Wildman–Crippen LogP) is 4.23. The van der Waals surface area contributed by atoms with Crippen LogP contribution < -0.4 is 5.32 Å². The summed E-state index contributed by atoms with van der Waals surface area (Å²) < 4.78 is 0. The van der Waals surface area contributed by atoms with Crippen LogP contribution in [0.1, 0.15) is 0 Å². The average molecular weight is 317 g/mol. The molecule has 0 fully saturated rings. The maximum atomic E-state index is 4.66. The van der Waals surface area contributed by atoms with Gasteiger partial charge in [0.1, 0.15) is 10.9 Å². The summed E-state index contributed by atoms with van der Waals surface area (Å²) in [5.41, 5.74) is 4.08. The lowest BCUT2D eigenvalue weighted by Gasteiger charge is -2.18. The number of aromatic amines is 1. The van der Waals surface area contributed by atoms with E-state index in [0.29, 0.717) is 0 Å². The van der Waals surface area contributed by atoms with E-state index in [0.717, 1.165) is 43.8 Å². The first-order valence-corrected chi connectivity index (χ1v) is 8.03. The standard InChI is InChI=1S/C17H11N5S/c1-2-4-12-11(3-1)20-15(21-12)10-5-6-14-13(9-10)22-16-17(23-14)19-8-7-18-16/h1-9H,(H,18,22)(H,20,21). The zero-order chi connectivity index (χ0) is 15.2. The lowest BCUT2D eigenvalue weighted by atomic mass is 10.2.